The monoisotopic (exact) mass is 306 g/mol. The van der Waals surface area contributed by atoms with Gasteiger partial charge < -0.3 is 14.6 Å². The number of aryl methyl sites for hydroxylation is 1. The third kappa shape index (κ3) is 2.08. The molecule has 5 nitrogen and oxygen atoms in total. The van der Waals surface area contributed by atoms with Crippen LogP contribution in [0, 0.1) is 0 Å². The molecule has 0 radical (unpaired) electrons. The number of methoxy groups -OCH3 is 1. The van der Waals surface area contributed by atoms with Crippen LogP contribution in [0.4, 0.5) is 5.95 Å². The van der Waals surface area contributed by atoms with E-state index in [0.717, 1.165) is 46.0 Å². The first kappa shape index (κ1) is 13.8. The zero-order valence-electron chi connectivity index (χ0n) is 13.4. The summed E-state index contributed by atoms with van der Waals surface area (Å²) in [6, 6.07) is 6.29. The van der Waals surface area contributed by atoms with Gasteiger partial charge in [0.1, 0.15) is 5.75 Å². The Morgan fingerprint density at radius 1 is 1.26 bits per heavy atom. The highest BCUT2D eigenvalue weighted by Gasteiger charge is 2.15. The number of imidazole rings is 1. The van der Waals surface area contributed by atoms with E-state index in [9.17, 15) is 0 Å². The molecule has 0 atom stereocenters. The average molecular weight is 306 g/mol. The van der Waals surface area contributed by atoms with Crippen LogP contribution in [0.1, 0.15) is 11.3 Å². The zero-order valence-corrected chi connectivity index (χ0v) is 13.4. The Morgan fingerprint density at radius 3 is 2.91 bits per heavy atom. The minimum atomic E-state index is 0.829. The van der Waals surface area contributed by atoms with E-state index in [1.807, 2.05) is 30.9 Å². The normalized spacial score (nSPS) is 12.7. The Labute approximate surface area is 134 Å². The lowest BCUT2D eigenvalue weighted by Crippen LogP contribution is -1.97. The van der Waals surface area contributed by atoms with Crippen LogP contribution in [0.25, 0.3) is 28.2 Å². The number of anilines is 1. The molecule has 2 heterocycles. The molecule has 0 saturated heterocycles. The number of pyridine rings is 1. The van der Waals surface area contributed by atoms with E-state index in [1.165, 1.54) is 5.56 Å². The zero-order chi connectivity index (χ0) is 16.0. The van der Waals surface area contributed by atoms with E-state index in [4.69, 9.17) is 4.74 Å². The van der Waals surface area contributed by atoms with Gasteiger partial charge in [-0.2, -0.15) is 0 Å². The standard InChI is InChI=1S/C18H18N4O/c1-19-18-21-15-8-13(17(23-3)9-16(15)22(18)2)12-7-11-5-4-6-14(11)20-10-12/h4,6-10H,5H2,1-3H3,(H,19,21). The quantitative estimate of drug-likeness (QED) is 0.807. The maximum Gasteiger partial charge on any atom is 0.203 e. The number of nitrogens with zero attached hydrogens (tertiary/aromatic N) is 3. The van der Waals surface area contributed by atoms with Crippen LogP contribution in [0.15, 0.2) is 30.5 Å². The van der Waals surface area contributed by atoms with Crippen molar-refractivity contribution < 1.29 is 4.74 Å². The molecule has 1 aliphatic carbocycles. The van der Waals surface area contributed by atoms with Gasteiger partial charge in [-0.25, -0.2) is 4.98 Å². The summed E-state index contributed by atoms with van der Waals surface area (Å²) in [5.41, 5.74) is 6.36. The molecule has 4 rings (SSSR count). The summed E-state index contributed by atoms with van der Waals surface area (Å²) < 4.78 is 7.64. The van der Waals surface area contributed by atoms with E-state index in [2.05, 4.69) is 39.6 Å². The molecular weight excluding hydrogens is 288 g/mol. The highest BCUT2D eigenvalue weighted by Crippen LogP contribution is 2.35. The lowest BCUT2D eigenvalue weighted by atomic mass is 10.0. The van der Waals surface area contributed by atoms with Crippen molar-refractivity contribution in [2.75, 3.05) is 19.5 Å². The van der Waals surface area contributed by atoms with E-state index in [0.29, 0.717) is 0 Å². The maximum atomic E-state index is 5.62. The van der Waals surface area contributed by atoms with Crippen LogP contribution in [-0.4, -0.2) is 28.7 Å². The molecule has 0 spiro atoms. The molecule has 0 fully saturated rings. The number of nitrogens with one attached hydrogen (secondary N) is 1. The number of allylic oxidation sites excluding steroid dienone is 1. The summed E-state index contributed by atoms with van der Waals surface area (Å²) in [4.78, 5) is 9.18. The molecule has 1 aromatic carbocycles. The third-order valence-electron chi connectivity index (χ3n) is 4.35. The summed E-state index contributed by atoms with van der Waals surface area (Å²) in [6.07, 6.45) is 7.05. The van der Waals surface area contributed by atoms with E-state index < -0.39 is 0 Å². The third-order valence-corrected chi connectivity index (χ3v) is 4.35. The van der Waals surface area contributed by atoms with E-state index >= 15 is 0 Å². The van der Waals surface area contributed by atoms with Gasteiger partial charge in [0, 0.05) is 37.5 Å². The summed E-state index contributed by atoms with van der Waals surface area (Å²) in [5.74, 6) is 1.66. The van der Waals surface area contributed by atoms with Crippen molar-refractivity contribution in [1.29, 1.82) is 0 Å². The summed E-state index contributed by atoms with van der Waals surface area (Å²) in [7, 11) is 5.56. The smallest absolute Gasteiger partial charge is 0.203 e. The van der Waals surface area contributed by atoms with Crippen LogP contribution in [0.2, 0.25) is 0 Å². The van der Waals surface area contributed by atoms with Gasteiger partial charge in [0.2, 0.25) is 5.95 Å². The Morgan fingerprint density at radius 2 is 2.13 bits per heavy atom. The molecule has 3 aromatic rings. The number of fused-ring (bicyclic) bond motifs is 2. The van der Waals surface area contributed by atoms with Crippen molar-refractivity contribution in [2.24, 2.45) is 7.05 Å². The molecule has 1 N–H and O–H groups in total. The molecule has 1 aliphatic rings. The van der Waals surface area contributed by atoms with Gasteiger partial charge in [0.25, 0.3) is 0 Å². The molecule has 2 aromatic heterocycles. The van der Waals surface area contributed by atoms with Gasteiger partial charge in [-0.3, -0.25) is 4.98 Å². The molecule has 0 unspecified atom stereocenters. The van der Waals surface area contributed by atoms with Crippen LogP contribution >= 0.6 is 0 Å². The van der Waals surface area contributed by atoms with Gasteiger partial charge in [-0.1, -0.05) is 6.08 Å². The number of ether oxygens (including phenoxy) is 1. The lowest BCUT2D eigenvalue weighted by Gasteiger charge is -2.10. The van der Waals surface area contributed by atoms with Gasteiger partial charge >= 0.3 is 0 Å². The van der Waals surface area contributed by atoms with Crippen molar-refractivity contribution in [3.8, 4) is 16.9 Å². The number of aromatic nitrogens is 3. The first-order chi connectivity index (χ1) is 11.2. The van der Waals surface area contributed by atoms with Crippen LogP contribution in [0.5, 0.6) is 5.75 Å². The molecule has 0 saturated carbocycles. The SMILES string of the molecule is CNc1nc2cc(-c3cnc4c(c3)CC=C4)c(OC)cc2n1C. The lowest BCUT2D eigenvalue weighted by molar-refractivity contribution is 0.417. The second-order valence-corrected chi connectivity index (χ2v) is 5.66. The van der Waals surface area contributed by atoms with Crippen molar-refractivity contribution in [3.63, 3.8) is 0 Å². The van der Waals surface area contributed by atoms with Crippen LogP contribution in [0.3, 0.4) is 0 Å². The number of hydrogen-bond acceptors (Lipinski definition) is 4. The fourth-order valence-corrected chi connectivity index (χ4v) is 3.12. The predicted octanol–water partition coefficient (Wildman–Crippen LogP) is 3.25. The molecule has 0 bridgehead atoms. The number of rotatable bonds is 3. The molecular formula is C18H18N4O. The molecule has 0 amide bonds. The number of hydrogen-bond donors (Lipinski definition) is 1. The van der Waals surface area contributed by atoms with Crippen LogP contribution in [-0.2, 0) is 13.5 Å². The largest absolute Gasteiger partial charge is 0.496 e. The van der Waals surface area contributed by atoms with Gasteiger partial charge in [-0.05, 0) is 30.2 Å². The predicted molar refractivity (Wildman–Crippen MR) is 92.8 cm³/mol. The first-order valence-corrected chi connectivity index (χ1v) is 7.59. The fraction of sp³-hybridized carbons (Fsp3) is 0.222. The fourth-order valence-electron chi connectivity index (χ4n) is 3.12. The molecule has 5 heteroatoms. The topological polar surface area (TPSA) is 52.0 Å². The molecule has 0 aliphatic heterocycles. The van der Waals surface area contributed by atoms with Gasteiger partial charge in [-0.15, -0.1) is 0 Å². The second kappa shape index (κ2) is 5.12. The molecule has 116 valence electrons. The maximum absolute atomic E-state index is 5.62. The highest BCUT2D eigenvalue weighted by molar-refractivity contribution is 5.88. The van der Waals surface area contributed by atoms with Crippen LogP contribution < -0.4 is 10.1 Å². The van der Waals surface area contributed by atoms with Crippen molar-refractivity contribution >= 4 is 23.1 Å². The number of benzene rings is 1. The molecule has 23 heavy (non-hydrogen) atoms. The summed E-state index contributed by atoms with van der Waals surface area (Å²) in [6.45, 7) is 0. The Balaban J connectivity index is 1.92. The minimum absolute atomic E-state index is 0.829. The Bertz CT molecular complexity index is 940. The summed E-state index contributed by atoms with van der Waals surface area (Å²) >= 11 is 0. The van der Waals surface area contributed by atoms with Crippen molar-refractivity contribution in [3.05, 3.63) is 41.7 Å². The van der Waals surface area contributed by atoms with Crippen molar-refractivity contribution in [2.45, 2.75) is 6.42 Å². The van der Waals surface area contributed by atoms with E-state index in [1.54, 1.807) is 7.11 Å². The van der Waals surface area contributed by atoms with Gasteiger partial charge in [0.05, 0.1) is 23.8 Å². The van der Waals surface area contributed by atoms with Gasteiger partial charge in [0.15, 0.2) is 0 Å². The van der Waals surface area contributed by atoms with Crippen molar-refractivity contribution in [1.82, 2.24) is 14.5 Å². The second-order valence-electron chi connectivity index (χ2n) is 5.66. The highest BCUT2D eigenvalue weighted by atomic mass is 16.5. The minimum Gasteiger partial charge on any atom is -0.496 e. The Hall–Kier alpha value is -2.82. The first-order valence-electron chi connectivity index (χ1n) is 7.59. The Kier molecular flexibility index (Phi) is 3.08. The summed E-state index contributed by atoms with van der Waals surface area (Å²) in [5, 5.41) is 3.11. The van der Waals surface area contributed by atoms with E-state index in [-0.39, 0.29) is 0 Å². The average Bonchev–Trinajstić information content (AvgIpc) is 3.17.